The molecule has 118 valence electrons. The van der Waals surface area contributed by atoms with Gasteiger partial charge in [-0.05, 0) is 18.9 Å². The smallest absolute Gasteiger partial charge is 0.323 e. The van der Waals surface area contributed by atoms with Gasteiger partial charge in [0.1, 0.15) is 24.8 Å². The lowest BCUT2D eigenvalue weighted by molar-refractivity contribution is -0.148. The van der Waals surface area contributed by atoms with Crippen molar-refractivity contribution >= 4 is 11.9 Å². The van der Waals surface area contributed by atoms with Crippen LogP contribution in [0.3, 0.4) is 0 Å². The Bertz CT molecular complexity index is 567. The summed E-state index contributed by atoms with van der Waals surface area (Å²) >= 11 is 0. The van der Waals surface area contributed by atoms with Crippen molar-refractivity contribution in [3.63, 3.8) is 0 Å². The van der Waals surface area contributed by atoms with Crippen LogP contribution in [-0.4, -0.2) is 54.3 Å². The first-order chi connectivity index (χ1) is 10.7. The highest BCUT2D eigenvalue weighted by Crippen LogP contribution is 2.35. The zero-order valence-corrected chi connectivity index (χ0v) is 12.2. The Labute approximate surface area is 128 Å². The second-order valence-corrected chi connectivity index (χ2v) is 5.60. The topological polar surface area (TPSA) is 76.1 Å². The van der Waals surface area contributed by atoms with Crippen molar-refractivity contribution in [1.82, 2.24) is 4.90 Å². The monoisotopic (exact) mass is 305 g/mol. The summed E-state index contributed by atoms with van der Waals surface area (Å²) in [7, 11) is 0. The third-order valence-electron chi connectivity index (χ3n) is 4.22. The first-order valence-corrected chi connectivity index (χ1v) is 7.48. The number of ether oxygens (including phenoxy) is 2. The number of nitrogens with zero attached hydrogens (tertiary/aromatic N) is 1. The van der Waals surface area contributed by atoms with Crippen molar-refractivity contribution in [2.75, 3.05) is 26.4 Å². The van der Waals surface area contributed by atoms with Gasteiger partial charge in [-0.1, -0.05) is 18.2 Å². The molecule has 1 N–H and O–H groups in total. The van der Waals surface area contributed by atoms with Gasteiger partial charge in [-0.15, -0.1) is 0 Å². The summed E-state index contributed by atoms with van der Waals surface area (Å²) in [6.07, 6.45) is 1.35. The molecule has 0 saturated carbocycles. The van der Waals surface area contributed by atoms with Gasteiger partial charge in [0.2, 0.25) is 5.91 Å². The predicted octanol–water partition coefficient (Wildman–Crippen LogP) is 1.25. The summed E-state index contributed by atoms with van der Waals surface area (Å²) in [5, 5.41) is 9.15. The highest BCUT2D eigenvalue weighted by atomic mass is 16.5. The van der Waals surface area contributed by atoms with Crippen LogP contribution in [-0.2, 0) is 14.3 Å². The van der Waals surface area contributed by atoms with Gasteiger partial charge in [0.25, 0.3) is 0 Å². The molecule has 6 heteroatoms. The van der Waals surface area contributed by atoms with Crippen LogP contribution in [0.15, 0.2) is 24.3 Å². The number of carboxylic acid groups (broad SMARTS) is 1. The lowest BCUT2D eigenvalue weighted by atomic mass is 9.97. The van der Waals surface area contributed by atoms with Crippen LogP contribution in [0.5, 0.6) is 5.75 Å². The van der Waals surface area contributed by atoms with Crippen LogP contribution >= 0.6 is 0 Å². The maximum absolute atomic E-state index is 12.9. The van der Waals surface area contributed by atoms with Gasteiger partial charge in [0.05, 0.1) is 0 Å². The SMILES string of the molecule is O=C(O)CN(C(=O)C1COc2ccccc21)C1CCOCC1. The summed E-state index contributed by atoms with van der Waals surface area (Å²) in [5.74, 6) is -0.868. The fraction of sp³-hybridized carbons (Fsp3) is 0.500. The van der Waals surface area contributed by atoms with E-state index in [-0.39, 0.29) is 25.1 Å². The summed E-state index contributed by atoms with van der Waals surface area (Å²) in [4.78, 5) is 25.5. The first kappa shape index (κ1) is 14.8. The van der Waals surface area contributed by atoms with E-state index in [1.165, 1.54) is 4.90 Å². The van der Waals surface area contributed by atoms with Crippen LogP contribution < -0.4 is 4.74 Å². The zero-order chi connectivity index (χ0) is 15.5. The molecule has 0 aliphatic carbocycles. The van der Waals surface area contributed by atoms with Crippen LogP contribution in [0, 0.1) is 0 Å². The van der Waals surface area contributed by atoms with Crippen LogP contribution in [0.25, 0.3) is 0 Å². The normalized spacial score (nSPS) is 21.0. The standard InChI is InChI=1S/C16H19NO5/c18-15(19)9-17(11-5-7-21-8-6-11)16(20)13-10-22-14-4-2-1-3-12(13)14/h1-4,11,13H,5-10H2,(H,18,19). The molecule has 2 aliphatic rings. The number of benzene rings is 1. The number of carbonyl (C=O) groups is 2. The molecule has 1 aromatic rings. The molecule has 2 aliphatic heterocycles. The number of fused-ring (bicyclic) bond motifs is 1. The Morgan fingerprint density at radius 1 is 1.23 bits per heavy atom. The second kappa shape index (κ2) is 6.36. The van der Waals surface area contributed by atoms with Crippen LogP contribution in [0.2, 0.25) is 0 Å². The number of para-hydroxylation sites is 1. The lowest BCUT2D eigenvalue weighted by Crippen LogP contribution is -2.48. The minimum absolute atomic E-state index is 0.0786. The Kier molecular flexibility index (Phi) is 4.29. The Morgan fingerprint density at radius 2 is 1.95 bits per heavy atom. The largest absolute Gasteiger partial charge is 0.492 e. The van der Waals surface area contributed by atoms with E-state index in [9.17, 15) is 9.59 Å². The summed E-state index contributed by atoms with van der Waals surface area (Å²) in [5.41, 5.74) is 0.843. The minimum atomic E-state index is -0.993. The van der Waals surface area contributed by atoms with E-state index in [0.29, 0.717) is 31.8 Å². The van der Waals surface area contributed by atoms with E-state index in [4.69, 9.17) is 14.6 Å². The van der Waals surface area contributed by atoms with Gasteiger partial charge >= 0.3 is 5.97 Å². The number of hydrogen-bond acceptors (Lipinski definition) is 4. The Balaban J connectivity index is 1.81. The molecule has 1 saturated heterocycles. The van der Waals surface area contributed by atoms with Crippen LogP contribution in [0.4, 0.5) is 0 Å². The zero-order valence-electron chi connectivity index (χ0n) is 12.2. The van der Waals surface area contributed by atoms with Crippen molar-refractivity contribution < 1.29 is 24.2 Å². The average Bonchev–Trinajstić information content (AvgIpc) is 2.97. The predicted molar refractivity (Wildman–Crippen MR) is 77.9 cm³/mol. The van der Waals surface area contributed by atoms with Crippen molar-refractivity contribution in [3.05, 3.63) is 29.8 Å². The van der Waals surface area contributed by atoms with Crippen molar-refractivity contribution in [1.29, 1.82) is 0 Å². The van der Waals surface area contributed by atoms with Crippen molar-refractivity contribution in [2.45, 2.75) is 24.8 Å². The number of rotatable bonds is 4. The summed E-state index contributed by atoms with van der Waals surface area (Å²) in [6.45, 7) is 1.12. The van der Waals surface area contributed by atoms with E-state index < -0.39 is 11.9 Å². The maximum atomic E-state index is 12.9. The fourth-order valence-electron chi connectivity index (χ4n) is 3.10. The molecule has 0 bridgehead atoms. The van der Waals surface area contributed by atoms with Gasteiger partial charge in [-0.2, -0.15) is 0 Å². The van der Waals surface area contributed by atoms with Crippen molar-refractivity contribution in [3.8, 4) is 5.75 Å². The fourth-order valence-corrected chi connectivity index (χ4v) is 3.10. The highest BCUT2D eigenvalue weighted by molar-refractivity contribution is 5.88. The third-order valence-corrected chi connectivity index (χ3v) is 4.22. The van der Waals surface area contributed by atoms with Crippen LogP contribution in [0.1, 0.15) is 24.3 Å². The number of amides is 1. The van der Waals surface area contributed by atoms with E-state index in [2.05, 4.69) is 0 Å². The minimum Gasteiger partial charge on any atom is -0.492 e. The average molecular weight is 305 g/mol. The van der Waals surface area contributed by atoms with E-state index in [1.807, 2.05) is 24.3 Å². The molecule has 3 rings (SSSR count). The Morgan fingerprint density at radius 3 is 2.68 bits per heavy atom. The third kappa shape index (κ3) is 2.92. The molecule has 0 radical (unpaired) electrons. The molecule has 1 amide bonds. The van der Waals surface area contributed by atoms with E-state index >= 15 is 0 Å². The summed E-state index contributed by atoms with van der Waals surface area (Å²) < 4.78 is 10.9. The molecule has 0 spiro atoms. The maximum Gasteiger partial charge on any atom is 0.323 e. The molecule has 0 aromatic heterocycles. The first-order valence-electron chi connectivity index (χ1n) is 7.48. The van der Waals surface area contributed by atoms with Gasteiger partial charge in [0, 0.05) is 24.8 Å². The summed E-state index contributed by atoms with van der Waals surface area (Å²) in [6, 6.07) is 7.35. The number of hydrogen-bond donors (Lipinski definition) is 1. The van der Waals surface area contributed by atoms with Crippen molar-refractivity contribution in [2.24, 2.45) is 0 Å². The molecule has 6 nitrogen and oxygen atoms in total. The number of carbonyl (C=O) groups excluding carboxylic acids is 1. The second-order valence-electron chi connectivity index (χ2n) is 5.60. The van der Waals surface area contributed by atoms with E-state index in [0.717, 1.165) is 5.56 Å². The number of carboxylic acids is 1. The van der Waals surface area contributed by atoms with Gasteiger partial charge in [0.15, 0.2) is 0 Å². The Hall–Kier alpha value is -2.08. The molecule has 1 atom stereocenters. The number of aliphatic carboxylic acids is 1. The quantitative estimate of drug-likeness (QED) is 0.906. The van der Waals surface area contributed by atoms with Gasteiger partial charge in [-0.3, -0.25) is 9.59 Å². The molecule has 1 fully saturated rings. The highest BCUT2D eigenvalue weighted by Gasteiger charge is 2.37. The molecule has 22 heavy (non-hydrogen) atoms. The molecular formula is C16H19NO5. The van der Waals surface area contributed by atoms with Gasteiger partial charge in [-0.25, -0.2) is 0 Å². The van der Waals surface area contributed by atoms with Gasteiger partial charge < -0.3 is 19.5 Å². The molecule has 1 aromatic carbocycles. The lowest BCUT2D eigenvalue weighted by Gasteiger charge is -2.34. The molecule has 1 unspecified atom stereocenters. The molecule has 2 heterocycles. The van der Waals surface area contributed by atoms with E-state index in [1.54, 1.807) is 0 Å². The molecular weight excluding hydrogens is 286 g/mol.